The highest BCUT2D eigenvalue weighted by atomic mass is 15.2. The topological polar surface area (TPSA) is 29.3 Å². The van der Waals surface area contributed by atoms with Gasteiger partial charge in [-0.25, -0.2) is 0 Å². The van der Waals surface area contributed by atoms with Gasteiger partial charge in [0.15, 0.2) is 0 Å². The van der Waals surface area contributed by atoms with Crippen LogP contribution in [0.1, 0.15) is 25.7 Å². The van der Waals surface area contributed by atoms with Gasteiger partial charge in [-0.2, -0.15) is 0 Å². The zero-order valence-corrected chi connectivity index (χ0v) is 8.00. The van der Waals surface area contributed by atoms with E-state index in [4.69, 9.17) is 5.73 Å². The second-order valence-corrected chi connectivity index (χ2v) is 4.42. The Hall–Kier alpha value is -0.0800. The first kappa shape index (κ1) is 8.52. The second-order valence-electron chi connectivity index (χ2n) is 4.42. The number of hydrogen-bond donors (Lipinski definition) is 1. The van der Waals surface area contributed by atoms with Crippen molar-refractivity contribution >= 4 is 0 Å². The summed E-state index contributed by atoms with van der Waals surface area (Å²) in [7, 11) is 2.25. The van der Waals surface area contributed by atoms with Gasteiger partial charge in [-0.1, -0.05) is 0 Å². The Labute approximate surface area is 75.1 Å². The molecule has 2 heteroatoms. The maximum atomic E-state index is 5.64. The summed E-state index contributed by atoms with van der Waals surface area (Å²) in [5.41, 5.74) is 5.64. The van der Waals surface area contributed by atoms with Gasteiger partial charge in [0.1, 0.15) is 0 Å². The summed E-state index contributed by atoms with van der Waals surface area (Å²) in [5, 5.41) is 0. The fraction of sp³-hybridized carbons (Fsp3) is 1.00. The zero-order chi connectivity index (χ0) is 8.55. The van der Waals surface area contributed by atoms with Gasteiger partial charge in [0.2, 0.25) is 0 Å². The van der Waals surface area contributed by atoms with Crippen LogP contribution in [0.3, 0.4) is 0 Å². The fourth-order valence-corrected chi connectivity index (χ4v) is 2.54. The van der Waals surface area contributed by atoms with Crippen molar-refractivity contribution in [2.75, 3.05) is 20.1 Å². The molecule has 2 N–H and O–H groups in total. The van der Waals surface area contributed by atoms with E-state index in [-0.39, 0.29) is 0 Å². The molecule has 0 aromatic heterocycles. The smallest absolute Gasteiger partial charge is 0.0136 e. The van der Waals surface area contributed by atoms with E-state index in [9.17, 15) is 0 Å². The summed E-state index contributed by atoms with van der Waals surface area (Å²) in [4.78, 5) is 2.50. The first-order valence-corrected chi connectivity index (χ1v) is 5.23. The fourth-order valence-electron chi connectivity index (χ4n) is 2.54. The van der Waals surface area contributed by atoms with Gasteiger partial charge in [-0.3, -0.25) is 0 Å². The van der Waals surface area contributed by atoms with E-state index in [2.05, 4.69) is 11.9 Å². The monoisotopic (exact) mass is 168 g/mol. The van der Waals surface area contributed by atoms with Crippen LogP contribution in [0, 0.1) is 11.8 Å². The average Bonchev–Trinajstić information content (AvgIpc) is 2.83. The van der Waals surface area contributed by atoms with E-state index < -0.39 is 0 Å². The molecule has 1 saturated heterocycles. The normalized spacial score (nSPS) is 33.0. The van der Waals surface area contributed by atoms with Crippen LogP contribution in [0.25, 0.3) is 0 Å². The lowest BCUT2D eigenvalue weighted by molar-refractivity contribution is 0.0599. The first-order chi connectivity index (χ1) is 5.83. The molecule has 2 fully saturated rings. The number of rotatable bonds is 4. The maximum Gasteiger partial charge on any atom is 0.0136 e. The highest BCUT2D eigenvalue weighted by Crippen LogP contribution is 2.43. The van der Waals surface area contributed by atoms with Crippen LogP contribution in [-0.2, 0) is 0 Å². The number of nitrogens with zero attached hydrogens (tertiary/aromatic N) is 1. The molecule has 1 aliphatic heterocycles. The summed E-state index contributed by atoms with van der Waals surface area (Å²) in [6.45, 7) is 2.18. The average molecular weight is 168 g/mol. The van der Waals surface area contributed by atoms with E-state index in [0.29, 0.717) is 0 Å². The summed E-state index contributed by atoms with van der Waals surface area (Å²) in [6, 6.07) is 0.876. The number of nitrogens with two attached hydrogens (primary N) is 1. The second kappa shape index (κ2) is 3.35. The van der Waals surface area contributed by atoms with Crippen molar-refractivity contribution in [2.45, 2.75) is 31.7 Å². The molecule has 2 rings (SSSR count). The van der Waals surface area contributed by atoms with Crippen molar-refractivity contribution in [1.82, 2.24) is 4.90 Å². The summed E-state index contributed by atoms with van der Waals surface area (Å²) >= 11 is 0. The first-order valence-electron chi connectivity index (χ1n) is 5.23. The highest BCUT2D eigenvalue weighted by Gasteiger charge is 2.40. The van der Waals surface area contributed by atoms with Crippen molar-refractivity contribution in [2.24, 2.45) is 17.6 Å². The molecule has 2 nitrogen and oxygen atoms in total. The summed E-state index contributed by atoms with van der Waals surface area (Å²) < 4.78 is 0. The molecular weight excluding hydrogens is 148 g/mol. The molecule has 2 unspecified atom stereocenters. The van der Waals surface area contributed by atoms with E-state index in [1.54, 1.807) is 0 Å². The third-order valence-electron chi connectivity index (χ3n) is 3.57. The van der Waals surface area contributed by atoms with Gasteiger partial charge in [0, 0.05) is 6.04 Å². The van der Waals surface area contributed by atoms with Crippen molar-refractivity contribution < 1.29 is 0 Å². The van der Waals surface area contributed by atoms with Crippen LogP contribution in [0.4, 0.5) is 0 Å². The molecule has 1 aliphatic carbocycles. The molecular formula is C10H20N2. The Morgan fingerprint density at radius 2 is 2.17 bits per heavy atom. The van der Waals surface area contributed by atoms with Crippen LogP contribution >= 0.6 is 0 Å². The molecule has 12 heavy (non-hydrogen) atoms. The third-order valence-corrected chi connectivity index (χ3v) is 3.57. The molecule has 0 aromatic rings. The van der Waals surface area contributed by atoms with Crippen molar-refractivity contribution in [3.63, 3.8) is 0 Å². The van der Waals surface area contributed by atoms with E-state index in [1.165, 1.54) is 32.2 Å². The Morgan fingerprint density at radius 3 is 2.50 bits per heavy atom. The van der Waals surface area contributed by atoms with E-state index in [1.807, 2.05) is 0 Å². The van der Waals surface area contributed by atoms with Gasteiger partial charge in [0.05, 0.1) is 0 Å². The minimum Gasteiger partial charge on any atom is -0.330 e. The Morgan fingerprint density at radius 1 is 1.42 bits per heavy atom. The van der Waals surface area contributed by atoms with E-state index in [0.717, 1.165) is 24.4 Å². The lowest BCUT2D eigenvalue weighted by atomic mass is 9.84. The molecule has 0 bridgehead atoms. The Balaban J connectivity index is 1.86. The van der Waals surface area contributed by atoms with Gasteiger partial charge < -0.3 is 10.6 Å². The lowest BCUT2D eigenvalue weighted by Crippen LogP contribution is -2.50. The van der Waals surface area contributed by atoms with Crippen molar-refractivity contribution in [1.29, 1.82) is 0 Å². The largest absolute Gasteiger partial charge is 0.330 e. The SMILES string of the molecule is CN1CCC1C(CCN)C1CC1. The molecule has 70 valence electrons. The molecule has 0 aromatic carbocycles. The van der Waals surface area contributed by atoms with E-state index >= 15 is 0 Å². The molecule has 0 amide bonds. The Kier molecular flexibility index (Phi) is 2.37. The summed E-state index contributed by atoms with van der Waals surface area (Å²) in [6.07, 6.45) is 5.60. The summed E-state index contributed by atoms with van der Waals surface area (Å²) in [5.74, 6) is 1.95. The molecule has 0 spiro atoms. The van der Waals surface area contributed by atoms with Crippen LogP contribution in [0.15, 0.2) is 0 Å². The van der Waals surface area contributed by atoms with Crippen molar-refractivity contribution in [3.8, 4) is 0 Å². The molecule has 2 aliphatic rings. The van der Waals surface area contributed by atoms with Gasteiger partial charge in [-0.15, -0.1) is 0 Å². The minimum absolute atomic E-state index is 0.876. The van der Waals surface area contributed by atoms with Crippen LogP contribution in [-0.4, -0.2) is 31.1 Å². The van der Waals surface area contributed by atoms with Crippen LogP contribution < -0.4 is 5.73 Å². The highest BCUT2D eigenvalue weighted by molar-refractivity contribution is 4.94. The van der Waals surface area contributed by atoms with Gasteiger partial charge in [0.25, 0.3) is 0 Å². The molecule has 1 saturated carbocycles. The molecule has 0 radical (unpaired) electrons. The predicted octanol–water partition coefficient (Wildman–Crippen LogP) is 1.07. The quantitative estimate of drug-likeness (QED) is 0.680. The van der Waals surface area contributed by atoms with Gasteiger partial charge in [-0.05, 0) is 57.7 Å². The van der Waals surface area contributed by atoms with Gasteiger partial charge >= 0.3 is 0 Å². The van der Waals surface area contributed by atoms with Crippen molar-refractivity contribution in [3.05, 3.63) is 0 Å². The number of likely N-dealkylation sites (tertiary alicyclic amines) is 1. The Bertz CT molecular complexity index is 154. The molecule has 2 atom stereocenters. The standard InChI is InChI=1S/C10H20N2/c1-12-7-5-10(12)9(4-6-11)8-2-3-8/h8-10H,2-7,11H2,1H3. The predicted molar refractivity (Wildman–Crippen MR) is 50.9 cm³/mol. The minimum atomic E-state index is 0.876. The molecule has 1 heterocycles. The van der Waals surface area contributed by atoms with Crippen LogP contribution in [0.5, 0.6) is 0 Å². The van der Waals surface area contributed by atoms with Crippen LogP contribution in [0.2, 0.25) is 0 Å². The third kappa shape index (κ3) is 1.50. The lowest BCUT2D eigenvalue weighted by Gasteiger charge is -2.43. The maximum absolute atomic E-state index is 5.64. The zero-order valence-electron chi connectivity index (χ0n) is 8.00. The number of hydrogen-bond acceptors (Lipinski definition) is 2.